The molecule has 2 aliphatic heterocycles. The summed E-state index contributed by atoms with van der Waals surface area (Å²) >= 11 is 0. The third-order valence-corrected chi connectivity index (χ3v) is 7.20. The Morgan fingerprint density at radius 1 is 0.938 bits per heavy atom. The molecule has 0 radical (unpaired) electrons. The van der Waals surface area contributed by atoms with Gasteiger partial charge in [-0.05, 0) is 42.3 Å². The van der Waals surface area contributed by atoms with Gasteiger partial charge in [0.1, 0.15) is 11.5 Å². The van der Waals surface area contributed by atoms with Gasteiger partial charge >= 0.3 is 21.7 Å². The summed E-state index contributed by atoms with van der Waals surface area (Å²) in [7, 11) is -5.31. The van der Waals surface area contributed by atoms with E-state index in [-0.39, 0.29) is 24.9 Å². The van der Waals surface area contributed by atoms with Gasteiger partial charge in [0.25, 0.3) is 0 Å². The minimum absolute atomic E-state index is 0.223. The summed E-state index contributed by atoms with van der Waals surface area (Å²) in [5, 5.41) is 0. The Bertz CT molecular complexity index is 1090. The SMILES string of the molecule is O=S(=O)(N1CC(N2CCc3c(cccc3Oc3ccc(C(F)(F)F)cc3)C2)C1)C(F)(F)F. The Morgan fingerprint density at radius 2 is 1.59 bits per heavy atom. The number of rotatable bonds is 4. The van der Waals surface area contributed by atoms with Gasteiger partial charge in [0, 0.05) is 37.8 Å². The normalized spacial score (nSPS) is 18.8. The molecule has 0 saturated carbocycles. The summed E-state index contributed by atoms with van der Waals surface area (Å²) in [5.41, 5.74) is -4.35. The topological polar surface area (TPSA) is 49.9 Å². The Morgan fingerprint density at radius 3 is 2.19 bits per heavy atom. The second-order valence-corrected chi connectivity index (χ2v) is 9.59. The predicted molar refractivity (Wildman–Crippen MR) is 102 cm³/mol. The lowest BCUT2D eigenvalue weighted by Crippen LogP contribution is -2.63. The van der Waals surface area contributed by atoms with Crippen molar-refractivity contribution in [2.24, 2.45) is 0 Å². The van der Waals surface area contributed by atoms with E-state index in [0.717, 1.165) is 23.3 Å². The van der Waals surface area contributed by atoms with Crippen molar-refractivity contribution in [3.63, 3.8) is 0 Å². The summed E-state index contributed by atoms with van der Waals surface area (Å²) in [6.45, 7) is 0.451. The first-order valence-corrected chi connectivity index (χ1v) is 11.1. The highest BCUT2D eigenvalue weighted by molar-refractivity contribution is 7.90. The maximum Gasteiger partial charge on any atom is 0.511 e. The molecule has 2 aliphatic rings. The minimum atomic E-state index is -5.31. The van der Waals surface area contributed by atoms with Gasteiger partial charge in [-0.3, -0.25) is 4.90 Å². The van der Waals surface area contributed by atoms with Gasteiger partial charge in [0.05, 0.1) is 5.56 Å². The molecule has 0 aliphatic carbocycles. The fourth-order valence-corrected chi connectivity index (χ4v) is 4.86. The van der Waals surface area contributed by atoms with E-state index < -0.39 is 27.3 Å². The van der Waals surface area contributed by atoms with Gasteiger partial charge in [-0.1, -0.05) is 12.1 Å². The number of halogens is 6. The van der Waals surface area contributed by atoms with Crippen molar-refractivity contribution in [3.05, 3.63) is 59.2 Å². The number of hydrogen-bond acceptors (Lipinski definition) is 4. The fraction of sp³-hybridized carbons (Fsp3) is 0.400. The first-order valence-electron chi connectivity index (χ1n) is 9.62. The quantitative estimate of drug-likeness (QED) is 0.610. The number of alkyl halides is 6. The van der Waals surface area contributed by atoms with Crippen LogP contribution in [0.4, 0.5) is 26.3 Å². The van der Waals surface area contributed by atoms with E-state index in [2.05, 4.69) is 0 Å². The number of nitrogens with zero attached hydrogens (tertiary/aromatic N) is 2. The number of sulfonamides is 1. The van der Waals surface area contributed by atoms with Crippen LogP contribution in [0.25, 0.3) is 0 Å². The maximum absolute atomic E-state index is 12.7. The number of benzene rings is 2. The molecule has 1 saturated heterocycles. The van der Waals surface area contributed by atoms with Crippen molar-refractivity contribution < 1.29 is 39.5 Å². The van der Waals surface area contributed by atoms with Crippen LogP contribution in [0.2, 0.25) is 0 Å². The standard InChI is InChI=1S/C20H18F6N2O3S/c21-19(22,23)14-4-6-16(7-5-14)31-18-3-1-2-13-10-27(9-8-17(13)18)15-11-28(12-15)32(29,30)20(24,25)26/h1-7,15H,8-12H2. The summed E-state index contributed by atoms with van der Waals surface area (Å²) in [4.78, 5) is 1.92. The third kappa shape index (κ3) is 4.30. The summed E-state index contributed by atoms with van der Waals surface area (Å²) < 4.78 is 105. The third-order valence-electron chi connectivity index (χ3n) is 5.64. The molecule has 2 heterocycles. The van der Waals surface area contributed by atoms with Crippen molar-refractivity contribution in [1.82, 2.24) is 9.21 Å². The van der Waals surface area contributed by atoms with Crippen molar-refractivity contribution in [1.29, 1.82) is 0 Å². The monoisotopic (exact) mass is 480 g/mol. The molecule has 5 nitrogen and oxygen atoms in total. The molecule has 0 aromatic heterocycles. The van der Waals surface area contributed by atoms with Gasteiger partial charge in [-0.15, -0.1) is 0 Å². The van der Waals surface area contributed by atoms with Gasteiger partial charge in [0.15, 0.2) is 0 Å². The lowest BCUT2D eigenvalue weighted by molar-refractivity contribution is -0.137. The van der Waals surface area contributed by atoms with E-state index in [0.29, 0.717) is 29.6 Å². The highest BCUT2D eigenvalue weighted by Gasteiger charge is 2.54. The van der Waals surface area contributed by atoms with E-state index in [9.17, 15) is 34.8 Å². The van der Waals surface area contributed by atoms with E-state index in [1.165, 1.54) is 12.1 Å². The van der Waals surface area contributed by atoms with Gasteiger partial charge < -0.3 is 4.74 Å². The highest BCUT2D eigenvalue weighted by Crippen LogP contribution is 2.36. The number of ether oxygens (including phenoxy) is 1. The molecule has 0 unspecified atom stereocenters. The first-order chi connectivity index (χ1) is 14.9. The van der Waals surface area contributed by atoms with Crippen LogP contribution < -0.4 is 4.74 Å². The average Bonchev–Trinajstić information content (AvgIpc) is 2.65. The second-order valence-electron chi connectivity index (χ2n) is 7.66. The molecular formula is C20H18F6N2O3S. The van der Waals surface area contributed by atoms with Crippen molar-refractivity contribution in [3.8, 4) is 11.5 Å². The van der Waals surface area contributed by atoms with Crippen LogP contribution in [-0.4, -0.2) is 48.8 Å². The first kappa shape index (κ1) is 22.9. The minimum Gasteiger partial charge on any atom is -0.457 e. The Kier molecular flexibility index (Phi) is 5.66. The van der Waals surface area contributed by atoms with E-state index in [1.54, 1.807) is 12.1 Å². The number of hydrogen-bond donors (Lipinski definition) is 0. The van der Waals surface area contributed by atoms with Gasteiger partial charge in [-0.2, -0.15) is 30.6 Å². The summed E-state index contributed by atoms with van der Waals surface area (Å²) in [6.07, 6.45) is -3.93. The zero-order chi connectivity index (χ0) is 23.3. The van der Waals surface area contributed by atoms with Crippen LogP contribution in [-0.2, 0) is 29.2 Å². The molecule has 0 spiro atoms. The molecule has 0 bridgehead atoms. The zero-order valence-electron chi connectivity index (χ0n) is 16.4. The van der Waals surface area contributed by atoms with Crippen LogP contribution in [0.3, 0.4) is 0 Å². The molecule has 12 heteroatoms. The van der Waals surface area contributed by atoms with Crippen LogP contribution in [0.15, 0.2) is 42.5 Å². The summed E-state index contributed by atoms with van der Waals surface area (Å²) in [5.74, 6) is 0.748. The van der Waals surface area contributed by atoms with Crippen molar-refractivity contribution in [2.45, 2.75) is 30.7 Å². The smallest absolute Gasteiger partial charge is 0.457 e. The van der Waals surface area contributed by atoms with Crippen LogP contribution in [0, 0.1) is 0 Å². The zero-order valence-corrected chi connectivity index (χ0v) is 17.3. The average molecular weight is 480 g/mol. The Hall–Kier alpha value is -2.31. The molecular weight excluding hydrogens is 462 g/mol. The number of fused-ring (bicyclic) bond motifs is 1. The second kappa shape index (κ2) is 7.92. The van der Waals surface area contributed by atoms with Gasteiger partial charge in [-0.25, -0.2) is 8.42 Å². The molecule has 1 fully saturated rings. The van der Waals surface area contributed by atoms with Crippen LogP contribution in [0.1, 0.15) is 16.7 Å². The largest absolute Gasteiger partial charge is 0.511 e. The maximum atomic E-state index is 12.7. The fourth-order valence-electron chi connectivity index (χ4n) is 3.83. The van der Waals surface area contributed by atoms with Gasteiger partial charge in [0.2, 0.25) is 0 Å². The van der Waals surface area contributed by atoms with E-state index in [1.807, 2.05) is 11.0 Å². The van der Waals surface area contributed by atoms with Crippen LogP contribution in [0.5, 0.6) is 11.5 Å². The van der Waals surface area contributed by atoms with Crippen molar-refractivity contribution >= 4 is 10.0 Å². The Balaban J connectivity index is 1.42. The molecule has 2 aromatic rings. The van der Waals surface area contributed by atoms with E-state index in [4.69, 9.17) is 4.74 Å². The molecule has 0 N–H and O–H groups in total. The molecule has 0 amide bonds. The summed E-state index contributed by atoms with van der Waals surface area (Å²) in [6, 6.07) is 9.29. The molecule has 174 valence electrons. The van der Waals surface area contributed by atoms with Crippen LogP contribution >= 0.6 is 0 Å². The lowest BCUT2D eigenvalue weighted by Gasteiger charge is -2.46. The van der Waals surface area contributed by atoms with E-state index >= 15 is 0 Å². The lowest BCUT2D eigenvalue weighted by atomic mass is 9.96. The molecule has 0 atom stereocenters. The molecule has 4 rings (SSSR count). The molecule has 2 aromatic carbocycles. The highest BCUT2D eigenvalue weighted by atomic mass is 32.2. The molecule has 32 heavy (non-hydrogen) atoms. The predicted octanol–water partition coefficient (Wildman–Crippen LogP) is 4.39. The Labute approximate surface area is 180 Å². The van der Waals surface area contributed by atoms with Crippen molar-refractivity contribution in [2.75, 3.05) is 19.6 Å².